The van der Waals surface area contributed by atoms with E-state index in [-0.39, 0.29) is 23.5 Å². The molecule has 1 amide bonds. The van der Waals surface area contributed by atoms with Crippen LogP contribution in [0, 0.1) is 5.92 Å². The molecular formula is C13H25N3O3S. The summed E-state index contributed by atoms with van der Waals surface area (Å²) in [7, 11) is -0.955. The highest BCUT2D eigenvalue weighted by molar-refractivity contribution is 7.91. The van der Waals surface area contributed by atoms with E-state index in [9.17, 15) is 13.2 Å². The van der Waals surface area contributed by atoms with E-state index >= 15 is 0 Å². The third-order valence-corrected chi connectivity index (χ3v) is 5.93. The zero-order valence-corrected chi connectivity index (χ0v) is 12.9. The number of carbonyl (C=O) groups excluding carboxylic acids is 1. The fourth-order valence-corrected chi connectivity index (χ4v) is 4.70. The van der Waals surface area contributed by atoms with Crippen molar-refractivity contribution in [1.29, 1.82) is 0 Å². The van der Waals surface area contributed by atoms with Crippen LogP contribution in [0.5, 0.6) is 0 Å². The van der Waals surface area contributed by atoms with Gasteiger partial charge in [0.2, 0.25) is 5.91 Å². The number of sulfone groups is 1. The first-order valence-corrected chi connectivity index (χ1v) is 9.17. The number of amides is 1. The van der Waals surface area contributed by atoms with Crippen molar-refractivity contribution >= 4 is 15.7 Å². The Labute approximate surface area is 121 Å². The average Bonchev–Trinajstić information content (AvgIpc) is 2.71. The molecule has 0 aromatic rings. The largest absolute Gasteiger partial charge is 0.351 e. The van der Waals surface area contributed by atoms with E-state index in [2.05, 4.69) is 15.5 Å². The van der Waals surface area contributed by atoms with Crippen LogP contribution in [0.15, 0.2) is 0 Å². The molecule has 1 unspecified atom stereocenters. The first-order chi connectivity index (χ1) is 9.48. The number of nitrogens with zero attached hydrogens (tertiary/aromatic N) is 1. The van der Waals surface area contributed by atoms with E-state index in [1.807, 2.05) is 7.05 Å². The molecule has 2 heterocycles. The minimum Gasteiger partial charge on any atom is -0.351 e. The first-order valence-electron chi connectivity index (χ1n) is 7.35. The highest BCUT2D eigenvalue weighted by atomic mass is 32.2. The summed E-state index contributed by atoms with van der Waals surface area (Å²) in [4.78, 5) is 14.1. The van der Waals surface area contributed by atoms with Crippen LogP contribution in [0.25, 0.3) is 0 Å². The maximum absolute atomic E-state index is 11.9. The number of nitrogens with one attached hydrogen (secondary N) is 2. The molecular weight excluding hydrogens is 278 g/mol. The quantitative estimate of drug-likeness (QED) is 0.697. The predicted molar refractivity (Wildman–Crippen MR) is 78.3 cm³/mol. The van der Waals surface area contributed by atoms with Crippen LogP contribution in [0.4, 0.5) is 0 Å². The van der Waals surface area contributed by atoms with E-state index in [0.717, 1.165) is 32.5 Å². The summed E-state index contributed by atoms with van der Waals surface area (Å²) in [6.45, 7) is 3.33. The van der Waals surface area contributed by atoms with Crippen molar-refractivity contribution in [2.75, 3.05) is 44.7 Å². The predicted octanol–water partition coefficient (Wildman–Crippen LogP) is -0.779. The van der Waals surface area contributed by atoms with Gasteiger partial charge in [-0.2, -0.15) is 0 Å². The van der Waals surface area contributed by atoms with Gasteiger partial charge in [0.25, 0.3) is 0 Å². The maximum atomic E-state index is 11.9. The number of hydrogen-bond acceptors (Lipinski definition) is 5. The number of hydrogen-bond donors (Lipinski definition) is 2. The van der Waals surface area contributed by atoms with Gasteiger partial charge in [-0.25, -0.2) is 8.42 Å². The van der Waals surface area contributed by atoms with Gasteiger partial charge in [-0.05, 0) is 51.9 Å². The molecule has 7 heteroatoms. The van der Waals surface area contributed by atoms with E-state index in [4.69, 9.17) is 0 Å². The van der Waals surface area contributed by atoms with Crippen molar-refractivity contribution in [1.82, 2.24) is 15.5 Å². The van der Waals surface area contributed by atoms with Crippen LogP contribution in [-0.4, -0.2) is 70.0 Å². The summed E-state index contributed by atoms with van der Waals surface area (Å²) in [5.74, 6) is 0.967. The fourth-order valence-electron chi connectivity index (χ4n) is 3.02. The van der Waals surface area contributed by atoms with Gasteiger partial charge in [0.15, 0.2) is 9.84 Å². The highest BCUT2D eigenvalue weighted by Gasteiger charge is 2.29. The molecule has 0 aliphatic carbocycles. The summed E-state index contributed by atoms with van der Waals surface area (Å²) in [6.07, 6.45) is 2.79. The molecule has 6 nitrogen and oxygen atoms in total. The summed E-state index contributed by atoms with van der Waals surface area (Å²) in [5.41, 5.74) is 0. The molecule has 2 aliphatic heterocycles. The Bertz CT molecular complexity index is 430. The Morgan fingerprint density at radius 3 is 2.50 bits per heavy atom. The van der Waals surface area contributed by atoms with E-state index < -0.39 is 9.84 Å². The minimum atomic E-state index is -2.92. The lowest BCUT2D eigenvalue weighted by molar-refractivity contribution is -0.123. The number of carbonyl (C=O) groups is 1. The van der Waals surface area contributed by atoms with Crippen molar-refractivity contribution in [3.63, 3.8) is 0 Å². The Kier molecular flexibility index (Phi) is 5.40. The molecule has 2 fully saturated rings. The monoisotopic (exact) mass is 303 g/mol. The molecule has 2 aliphatic rings. The second-order valence-electron chi connectivity index (χ2n) is 5.94. The zero-order chi connectivity index (χ0) is 14.6. The maximum Gasteiger partial charge on any atom is 0.234 e. The Morgan fingerprint density at radius 2 is 1.95 bits per heavy atom. The highest BCUT2D eigenvalue weighted by Crippen LogP contribution is 2.16. The van der Waals surface area contributed by atoms with Crippen LogP contribution in [-0.2, 0) is 14.6 Å². The van der Waals surface area contributed by atoms with E-state index in [0.29, 0.717) is 18.9 Å². The summed E-state index contributed by atoms with van der Waals surface area (Å²) in [5, 5.41) is 6.04. The van der Waals surface area contributed by atoms with Crippen molar-refractivity contribution in [2.45, 2.75) is 25.3 Å². The molecule has 2 saturated heterocycles. The fraction of sp³-hybridized carbons (Fsp3) is 0.923. The van der Waals surface area contributed by atoms with Gasteiger partial charge in [0.05, 0.1) is 18.1 Å². The molecule has 0 aromatic carbocycles. The van der Waals surface area contributed by atoms with Crippen LogP contribution < -0.4 is 10.6 Å². The minimum absolute atomic E-state index is 0.0424. The summed E-state index contributed by atoms with van der Waals surface area (Å²) >= 11 is 0. The smallest absolute Gasteiger partial charge is 0.234 e. The molecule has 0 radical (unpaired) electrons. The average molecular weight is 303 g/mol. The molecule has 2 rings (SSSR count). The molecule has 20 heavy (non-hydrogen) atoms. The normalized spacial score (nSPS) is 27.6. The van der Waals surface area contributed by atoms with Gasteiger partial charge in [0, 0.05) is 6.04 Å². The van der Waals surface area contributed by atoms with Crippen molar-refractivity contribution < 1.29 is 13.2 Å². The Hall–Kier alpha value is -0.660. The lowest BCUT2D eigenvalue weighted by Gasteiger charge is -2.31. The molecule has 0 spiro atoms. The van der Waals surface area contributed by atoms with Gasteiger partial charge >= 0.3 is 0 Å². The third-order valence-electron chi connectivity index (χ3n) is 4.16. The molecule has 116 valence electrons. The first kappa shape index (κ1) is 15.7. The van der Waals surface area contributed by atoms with Crippen molar-refractivity contribution in [2.24, 2.45) is 5.92 Å². The van der Waals surface area contributed by atoms with Gasteiger partial charge in [0.1, 0.15) is 0 Å². The second kappa shape index (κ2) is 6.87. The number of likely N-dealkylation sites (tertiary alicyclic amines) is 1. The molecule has 0 saturated carbocycles. The molecule has 2 N–H and O–H groups in total. The second-order valence-corrected chi connectivity index (χ2v) is 8.17. The zero-order valence-electron chi connectivity index (χ0n) is 12.1. The summed E-state index contributed by atoms with van der Waals surface area (Å²) in [6, 6.07) is -0.186. The van der Waals surface area contributed by atoms with Gasteiger partial charge in [-0.1, -0.05) is 0 Å². The van der Waals surface area contributed by atoms with Crippen LogP contribution in [0.2, 0.25) is 0 Å². The summed E-state index contributed by atoms with van der Waals surface area (Å²) < 4.78 is 22.7. The van der Waals surface area contributed by atoms with Crippen molar-refractivity contribution in [3.05, 3.63) is 0 Å². The molecule has 1 atom stereocenters. The lowest BCUT2D eigenvalue weighted by Crippen LogP contribution is -2.45. The molecule has 0 bridgehead atoms. The standard InChI is InChI=1S/C13H25N3O3S/c1-14-8-11-2-5-16(6-3-11)9-13(17)15-12-4-7-20(18,19)10-12/h11-12,14H,2-10H2,1H3,(H,15,17). The van der Waals surface area contributed by atoms with Gasteiger partial charge < -0.3 is 10.6 Å². The number of rotatable bonds is 5. The van der Waals surface area contributed by atoms with E-state index in [1.165, 1.54) is 0 Å². The SMILES string of the molecule is CNCC1CCN(CC(=O)NC2CCS(=O)(=O)C2)CC1. The molecule has 0 aromatic heterocycles. The van der Waals surface area contributed by atoms with Gasteiger partial charge in [-0.3, -0.25) is 9.69 Å². The lowest BCUT2D eigenvalue weighted by atomic mass is 9.97. The number of piperidine rings is 1. The van der Waals surface area contributed by atoms with Crippen LogP contribution in [0.1, 0.15) is 19.3 Å². The van der Waals surface area contributed by atoms with Gasteiger partial charge in [-0.15, -0.1) is 0 Å². The van der Waals surface area contributed by atoms with E-state index in [1.54, 1.807) is 0 Å². The Balaban J connectivity index is 1.68. The topological polar surface area (TPSA) is 78.5 Å². The van der Waals surface area contributed by atoms with Crippen LogP contribution in [0.3, 0.4) is 0 Å². The van der Waals surface area contributed by atoms with Crippen molar-refractivity contribution in [3.8, 4) is 0 Å². The third kappa shape index (κ3) is 4.71. The van der Waals surface area contributed by atoms with Crippen LogP contribution >= 0.6 is 0 Å². The Morgan fingerprint density at radius 1 is 1.25 bits per heavy atom.